The van der Waals surface area contributed by atoms with Crippen molar-refractivity contribution in [1.29, 1.82) is 0 Å². The summed E-state index contributed by atoms with van der Waals surface area (Å²) in [5.41, 5.74) is 5.20. The molecule has 1 unspecified atom stereocenters. The molecule has 0 heterocycles. The van der Waals surface area contributed by atoms with Crippen LogP contribution in [0.4, 0.5) is 0 Å². The lowest BCUT2D eigenvalue weighted by Crippen LogP contribution is -2.08. The number of rotatable bonds is 20. The maximum atomic E-state index is 5.99. The van der Waals surface area contributed by atoms with Gasteiger partial charge in [-0.05, 0) is 67.0 Å². The second kappa shape index (κ2) is 18.6. The minimum Gasteiger partial charge on any atom is -0.494 e. The molecular formula is C36H50O2. The zero-order valence-electron chi connectivity index (χ0n) is 24.0. The molecule has 3 aromatic carbocycles. The number of benzene rings is 3. The lowest BCUT2D eigenvalue weighted by atomic mass is 10.0. The van der Waals surface area contributed by atoms with Crippen molar-refractivity contribution in [3.8, 4) is 16.9 Å². The zero-order valence-corrected chi connectivity index (χ0v) is 24.0. The molecule has 38 heavy (non-hydrogen) atoms. The summed E-state index contributed by atoms with van der Waals surface area (Å²) < 4.78 is 12.0. The monoisotopic (exact) mass is 514 g/mol. The molecule has 3 rings (SSSR count). The minimum absolute atomic E-state index is 0.316. The number of hydrogen-bond acceptors (Lipinski definition) is 2. The van der Waals surface area contributed by atoms with E-state index in [-0.39, 0.29) is 0 Å². The summed E-state index contributed by atoms with van der Waals surface area (Å²) >= 11 is 0. The van der Waals surface area contributed by atoms with Crippen LogP contribution in [0.2, 0.25) is 0 Å². The first-order valence-corrected chi connectivity index (χ1v) is 15.2. The first-order valence-electron chi connectivity index (χ1n) is 15.2. The van der Waals surface area contributed by atoms with E-state index in [1.165, 1.54) is 86.5 Å². The van der Waals surface area contributed by atoms with Crippen molar-refractivity contribution in [1.82, 2.24) is 0 Å². The van der Waals surface area contributed by atoms with Gasteiger partial charge in [-0.1, -0.05) is 131 Å². The van der Waals surface area contributed by atoms with Gasteiger partial charge in [-0.3, -0.25) is 0 Å². The Morgan fingerprint density at radius 2 is 1.18 bits per heavy atom. The molecule has 0 saturated carbocycles. The molecule has 3 aromatic rings. The summed E-state index contributed by atoms with van der Waals surface area (Å²) in [5.74, 6) is 0.980. The van der Waals surface area contributed by atoms with Gasteiger partial charge in [0.2, 0.25) is 0 Å². The molecule has 0 radical (unpaired) electrons. The number of aryl methyl sites for hydroxylation is 1. The van der Waals surface area contributed by atoms with Gasteiger partial charge in [-0.25, -0.2) is 0 Å². The SMILES string of the molecule is CCCCCCCCCCOc1ccc(-c2ccc(CCCCCC(C)OCc3ccccc3)cc2)cc1. The van der Waals surface area contributed by atoms with Gasteiger partial charge < -0.3 is 9.47 Å². The van der Waals surface area contributed by atoms with Crippen LogP contribution in [-0.4, -0.2) is 12.7 Å². The highest BCUT2D eigenvalue weighted by Crippen LogP contribution is 2.24. The average Bonchev–Trinajstić information content (AvgIpc) is 2.96. The van der Waals surface area contributed by atoms with Crippen molar-refractivity contribution in [2.24, 2.45) is 0 Å². The molecule has 0 bridgehead atoms. The van der Waals surface area contributed by atoms with Crippen LogP contribution in [0, 0.1) is 0 Å². The molecule has 0 aliphatic rings. The highest BCUT2D eigenvalue weighted by atomic mass is 16.5. The predicted molar refractivity (Wildman–Crippen MR) is 163 cm³/mol. The maximum absolute atomic E-state index is 5.99. The average molecular weight is 515 g/mol. The molecule has 206 valence electrons. The molecule has 0 saturated heterocycles. The number of ether oxygens (including phenoxy) is 2. The predicted octanol–water partition coefficient (Wildman–Crippen LogP) is 10.6. The summed E-state index contributed by atoms with van der Waals surface area (Å²) in [4.78, 5) is 0. The standard InChI is InChI=1S/C36H50O2/c1-3-4-5-6-7-8-9-16-29-37-36-27-25-35(26-28-36)34-23-21-32(22-24-34)18-13-10-12-17-31(2)38-30-33-19-14-11-15-20-33/h11,14-15,19-28,31H,3-10,12-13,16-18,29-30H2,1-2H3. The van der Waals surface area contributed by atoms with Gasteiger partial charge in [0.15, 0.2) is 0 Å². The fourth-order valence-electron chi connectivity index (χ4n) is 4.87. The molecule has 0 aromatic heterocycles. The van der Waals surface area contributed by atoms with Crippen LogP contribution in [0.25, 0.3) is 11.1 Å². The van der Waals surface area contributed by atoms with E-state index in [9.17, 15) is 0 Å². The van der Waals surface area contributed by atoms with Crippen LogP contribution < -0.4 is 4.74 Å². The topological polar surface area (TPSA) is 18.5 Å². The molecular weight excluding hydrogens is 464 g/mol. The van der Waals surface area contributed by atoms with E-state index in [0.29, 0.717) is 12.7 Å². The second-order valence-electron chi connectivity index (χ2n) is 10.8. The third-order valence-corrected chi connectivity index (χ3v) is 7.36. The summed E-state index contributed by atoms with van der Waals surface area (Å²) in [6.07, 6.45) is 16.9. The molecule has 0 amide bonds. The van der Waals surface area contributed by atoms with Gasteiger partial charge in [0, 0.05) is 0 Å². The van der Waals surface area contributed by atoms with E-state index in [4.69, 9.17) is 9.47 Å². The van der Waals surface area contributed by atoms with E-state index in [1.54, 1.807) is 0 Å². The van der Waals surface area contributed by atoms with E-state index in [1.807, 2.05) is 6.07 Å². The molecule has 0 aliphatic carbocycles. The Labute approximate surface area is 232 Å². The van der Waals surface area contributed by atoms with Crippen LogP contribution in [0.1, 0.15) is 102 Å². The Morgan fingerprint density at radius 3 is 1.87 bits per heavy atom. The van der Waals surface area contributed by atoms with Crippen molar-refractivity contribution in [2.45, 2.75) is 110 Å². The largest absolute Gasteiger partial charge is 0.494 e. The normalized spacial score (nSPS) is 11.9. The van der Waals surface area contributed by atoms with Crippen LogP contribution in [0.3, 0.4) is 0 Å². The molecule has 0 aliphatic heterocycles. The van der Waals surface area contributed by atoms with Gasteiger partial charge in [0.1, 0.15) is 5.75 Å². The van der Waals surface area contributed by atoms with Crippen molar-refractivity contribution < 1.29 is 9.47 Å². The third kappa shape index (κ3) is 12.3. The third-order valence-electron chi connectivity index (χ3n) is 7.36. The van der Waals surface area contributed by atoms with Crippen LogP contribution in [0.15, 0.2) is 78.9 Å². The summed E-state index contributed by atoms with van der Waals surface area (Å²) in [6.45, 7) is 6.00. The van der Waals surface area contributed by atoms with Gasteiger partial charge in [0.25, 0.3) is 0 Å². The van der Waals surface area contributed by atoms with E-state index in [0.717, 1.165) is 31.6 Å². The van der Waals surface area contributed by atoms with Crippen LogP contribution >= 0.6 is 0 Å². The first kappa shape index (κ1) is 30.0. The maximum Gasteiger partial charge on any atom is 0.119 e. The zero-order chi connectivity index (χ0) is 26.7. The molecule has 0 N–H and O–H groups in total. The van der Waals surface area contributed by atoms with Gasteiger partial charge in [-0.15, -0.1) is 0 Å². The Kier molecular flexibility index (Phi) is 14.7. The Hall–Kier alpha value is -2.58. The second-order valence-corrected chi connectivity index (χ2v) is 10.8. The fraction of sp³-hybridized carbons (Fsp3) is 0.500. The molecule has 0 fully saturated rings. The molecule has 2 heteroatoms. The van der Waals surface area contributed by atoms with E-state index >= 15 is 0 Å². The lowest BCUT2D eigenvalue weighted by molar-refractivity contribution is 0.0459. The summed E-state index contributed by atoms with van der Waals surface area (Å²) in [7, 11) is 0. The number of unbranched alkanes of at least 4 members (excludes halogenated alkanes) is 9. The highest BCUT2D eigenvalue weighted by molar-refractivity contribution is 5.64. The van der Waals surface area contributed by atoms with E-state index < -0.39 is 0 Å². The first-order chi connectivity index (χ1) is 18.7. The fourth-order valence-corrected chi connectivity index (χ4v) is 4.87. The Morgan fingerprint density at radius 1 is 0.579 bits per heavy atom. The van der Waals surface area contributed by atoms with Gasteiger partial charge >= 0.3 is 0 Å². The summed E-state index contributed by atoms with van der Waals surface area (Å²) in [6, 6.07) is 28.1. The lowest BCUT2D eigenvalue weighted by Gasteiger charge is -2.13. The summed E-state index contributed by atoms with van der Waals surface area (Å²) in [5, 5.41) is 0. The molecule has 1 atom stereocenters. The van der Waals surface area contributed by atoms with Crippen molar-refractivity contribution >= 4 is 0 Å². The molecule has 0 spiro atoms. The molecule has 2 nitrogen and oxygen atoms in total. The van der Waals surface area contributed by atoms with Crippen molar-refractivity contribution in [3.63, 3.8) is 0 Å². The van der Waals surface area contributed by atoms with Crippen molar-refractivity contribution in [2.75, 3.05) is 6.61 Å². The number of hydrogen-bond donors (Lipinski definition) is 0. The highest BCUT2D eigenvalue weighted by Gasteiger charge is 2.04. The van der Waals surface area contributed by atoms with Crippen molar-refractivity contribution in [3.05, 3.63) is 90.0 Å². The Bertz CT molecular complexity index is 962. The van der Waals surface area contributed by atoms with Gasteiger partial charge in [-0.2, -0.15) is 0 Å². The quantitative estimate of drug-likeness (QED) is 0.140. The van der Waals surface area contributed by atoms with Crippen LogP contribution in [-0.2, 0) is 17.8 Å². The van der Waals surface area contributed by atoms with Gasteiger partial charge in [0.05, 0.1) is 19.3 Å². The van der Waals surface area contributed by atoms with Crippen LogP contribution in [0.5, 0.6) is 5.75 Å². The minimum atomic E-state index is 0.316. The Balaban J connectivity index is 1.25. The smallest absolute Gasteiger partial charge is 0.119 e. The van der Waals surface area contributed by atoms with E-state index in [2.05, 4.69) is 86.6 Å².